The van der Waals surface area contributed by atoms with Crippen LogP contribution in [0.25, 0.3) is 0 Å². The molecule has 3 nitrogen and oxygen atoms in total. The van der Waals surface area contributed by atoms with Gasteiger partial charge in [0.25, 0.3) is 0 Å². The van der Waals surface area contributed by atoms with Crippen LogP contribution in [0, 0.1) is 0 Å². The minimum absolute atomic E-state index is 0.351. The number of benzene rings is 1. The van der Waals surface area contributed by atoms with E-state index >= 15 is 0 Å². The molecule has 1 saturated carbocycles. The van der Waals surface area contributed by atoms with Crippen LogP contribution >= 0.6 is 12.2 Å². The maximum Gasteiger partial charge on any atom is 0.166 e. The third-order valence-corrected chi connectivity index (χ3v) is 5.29. The Bertz CT molecular complexity index is 453. The van der Waals surface area contributed by atoms with Crippen LogP contribution in [0.4, 0.5) is 0 Å². The van der Waals surface area contributed by atoms with Crippen molar-refractivity contribution in [2.45, 2.75) is 44.1 Å². The van der Waals surface area contributed by atoms with E-state index in [4.69, 9.17) is 12.2 Å². The number of quaternary nitrogens is 1. The van der Waals surface area contributed by atoms with Crippen LogP contribution in [0.15, 0.2) is 30.3 Å². The van der Waals surface area contributed by atoms with Gasteiger partial charge in [0, 0.05) is 19.4 Å². The molecule has 0 aromatic heterocycles. The van der Waals surface area contributed by atoms with Gasteiger partial charge in [-0.05, 0) is 37.0 Å². The van der Waals surface area contributed by atoms with Gasteiger partial charge in [-0.3, -0.25) is 0 Å². The predicted molar refractivity (Wildman–Crippen MR) is 97.4 cm³/mol. The van der Waals surface area contributed by atoms with Gasteiger partial charge in [-0.15, -0.1) is 0 Å². The van der Waals surface area contributed by atoms with Gasteiger partial charge in [0.05, 0.1) is 20.6 Å². The first-order valence-corrected chi connectivity index (χ1v) is 8.89. The lowest BCUT2D eigenvalue weighted by Crippen LogP contribution is -3.16. The van der Waals surface area contributed by atoms with E-state index in [9.17, 15) is 0 Å². The fraction of sp³-hybridized carbons (Fsp3) is 0.611. The molecule has 1 aliphatic carbocycles. The molecule has 1 aliphatic rings. The van der Waals surface area contributed by atoms with Crippen molar-refractivity contribution < 1.29 is 4.90 Å². The van der Waals surface area contributed by atoms with Gasteiger partial charge in [0.2, 0.25) is 0 Å². The summed E-state index contributed by atoms with van der Waals surface area (Å²) in [6.07, 6.45) is 7.69. The van der Waals surface area contributed by atoms with Crippen molar-refractivity contribution in [2.24, 2.45) is 0 Å². The van der Waals surface area contributed by atoms with Gasteiger partial charge in [0.1, 0.15) is 5.54 Å². The van der Waals surface area contributed by atoms with Gasteiger partial charge in [-0.25, -0.2) is 0 Å². The molecule has 0 aliphatic heterocycles. The van der Waals surface area contributed by atoms with Crippen molar-refractivity contribution in [1.82, 2.24) is 10.6 Å². The highest BCUT2D eigenvalue weighted by molar-refractivity contribution is 7.80. The van der Waals surface area contributed by atoms with Crippen LogP contribution < -0.4 is 15.5 Å². The lowest BCUT2D eigenvalue weighted by Gasteiger charge is -2.40. The summed E-state index contributed by atoms with van der Waals surface area (Å²) in [5, 5.41) is 7.59. The summed E-state index contributed by atoms with van der Waals surface area (Å²) >= 11 is 5.44. The first-order chi connectivity index (χ1) is 10.6. The summed E-state index contributed by atoms with van der Waals surface area (Å²) in [5.74, 6) is 0. The van der Waals surface area contributed by atoms with Crippen LogP contribution in [0.2, 0.25) is 0 Å². The summed E-state index contributed by atoms with van der Waals surface area (Å²) in [4.78, 5) is 1.55. The zero-order valence-corrected chi connectivity index (χ0v) is 14.8. The van der Waals surface area contributed by atoms with Gasteiger partial charge in [0.15, 0.2) is 5.11 Å². The number of hydrogen-bond donors (Lipinski definition) is 3. The Morgan fingerprint density at radius 2 is 1.77 bits per heavy atom. The lowest BCUT2D eigenvalue weighted by molar-refractivity contribution is -0.916. The molecule has 0 spiro atoms. The average Bonchev–Trinajstić information content (AvgIpc) is 2.55. The number of likely N-dealkylation sites (N-methyl/N-ethyl adjacent to an activating group) is 1. The Hall–Kier alpha value is -1.13. The maximum absolute atomic E-state index is 5.44. The Balaban J connectivity index is 1.72. The summed E-state index contributed by atoms with van der Waals surface area (Å²) in [5.41, 5.74) is 1.70. The summed E-state index contributed by atoms with van der Waals surface area (Å²) < 4.78 is 0. The molecular weight excluding hydrogens is 290 g/mol. The van der Waals surface area contributed by atoms with E-state index < -0.39 is 0 Å². The molecule has 1 aromatic carbocycles. The first-order valence-electron chi connectivity index (χ1n) is 8.49. The zero-order valence-electron chi connectivity index (χ0n) is 14.0. The van der Waals surface area contributed by atoms with Gasteiger partial charge in [-0.1, -0.05) is 36.8 Å². The van der Waals surface area contributed by atoms with Gasteiger partial charge in [-0.2, -0.15) is 0 Å². The molecule has 0 bridgehead atoms. The number of rotatable bonds is 6. The van der Waals surface area contributed by atoms with E-state index in [-0.39, 0.29) is 0 Å². The predicted octanol–water partition coefficient (Wildman–Crippen LogP) is 1.54. The summed E-state index contributed by atoms with van der Waals surface area (Å²) in [6, 6.07) is 10.5. The van der Waals surface area contributed by atoms with Crippen LogP contribution in [0.5, 0.6) is 0 Å². The molecule has 22 heavy (non-hydrogen) atoms. The first kappa shape index (κ1) is 17.2. The lowest BCUT2D eigenvalue weighted by atomic mass is 9.80. The third kappa shape index (κ3) is 4.96. The van der Waals surface area contributed by atoms with Crippen molar-refractivity contribution >= 4 is 17.3 Å². The second-order valence-corrected chi connectivity index (χ2v) is 7.09. The highest BCUT2D eigenvalue weighted by atomic mass is 32.1. The molecule has 122 valence electrons. The van der Waals surface area contributed by atoms with Crippen molar-refractivity contribution in [3.8, 4) is 0 Å². The Labute approximate surface area is 140 Å². The molecule has 1 fully saturated rings. The molecule has 0 heterocycles. The van der Waals surface area contributed by atoms with Crippen molar-refractivity contribution in [3.63, 3.8) is 0 Å². The molecule has 0 atom stereocenters. The fourth-order valence-electron chi connectivity index (χ4n) is 3.36. The molecule has 0 unspecified atom stereocenters. The minimum atomic E-state index is 0.351. The summed E-state index contributed by atoms with van der Waals surface area (Å²) in [7, 11) is 4.55. The number of thiocarbonyl (C=S) groups is 1. The van der Waals surface area contributed by atoms with Crippen LogP contribution in [0.1, 0.15) is 37.7 Å². The highest BCUT2D eigenvalue weighted by Gasteiger charge is 2.37. The molecule has 4 heteroatoms. The fourth-order valence-corrected chi connectivity index (χ4v) is 3.53. The normalized spacial score (nSPS) is 17.2. The zero-order chi connectivity index (χ0) is 15.8. The van der Waals surface area contributed by atoms with Crippen LogP contribution in [-0.4, -0.2) is 37.8 Å². The SMILES string of the molecule is C[NH+](C)C1(CNC(=S)NCCc2ccccc2)CCCCC1. The second-order valence-electron chi connectivity index (χ2n) is 6.69. The molecule has 3 N–H and O–H groups in total. The molecule has 2 rings (SSSR count). The van der Waals surface area contributed by atoms with E-state index in [1.807, 2.05) is 0 Å². The maximum atomic E-state index is 5.44. The van der Waals surface area contributed by atoms with Gasteiger partial charge < -0.3 is 15.5 Å². The molecule has 0 radical (unpaired) electrons. The smallest absolute Gasteiger partial charge is 0.166 e. The van der Waals surface area contributed by atoms with E-state index in [0.717, 1.165) is 24.6 Å². The Morgan fingerprint density at radius 3 is 2.41 bits per heavy atom. The van der Waals surface area contributed by atoms with E-state index in [0.29, 0.717) is 5.54 Å². The third-order valence-electron chi connectivity index (χ3n) is 5.00. The van der Waals surface area contributed by atoms with E-state index in [1.54, 1.807) is 4.90 Å². The molecule has 0 amide bonds. The quantitative estimate of drug-likeness (QED) is 0.695. The van der Waals surface area contributed by atoms with Crippen molar-refractivity contribution in [1.29, 1.82) is 0 Å². The van der Waals surface area contributed by atoms with Crippen LogP contribution in [-0.2, 0) is 6.42 Å². The Kier molecular flexibility index (Phi) is 6.65. The highest BCUT2D eigenvalue weighted by Crippen LogP contribution is 2.24. The average molecular weight is 321 g/mol. The largest absolute Gasteiger partial charge is 0.362 e. The van der Waals surface area contributed by atoms with Crippen molar-refractivity contribution in [3.05, 3.63) is 35.9 Å². The molecule has 0 saturated heterocycles. The Morgan fingerprint density at radius 1 is 1.09 bits per heavy atom. The van der Waals surface area contributed by atoms with Gasteiger partial charge >= 0.3 is 0 Å². The van der Waals surface area contributed by atoms with Crippen molar-refractivity contribution in [2.75, 3.05) is 27.2 Å². The number of hydrogen-bond acceptors (Lipinski definition) is 1. The monoisotopic (exact) mass is 320 g/mol. The number of nitrogens with one attached hydrogen (secondary N) is 3. The second kappa shape index (κ2) is 8.49. The minimum Gasteiger partial charge on any atom is -0.362 e. The molecule has 1 aromatic rings. The topological polar surface area (TPSA) is 28.5 Å². The van der Waals surface area contributed by atoms with E-state index in [2.05, 4.69) is 55.1 Å². The van der Waals surface area contributed by atoms with Crippen LogP contribution in [0.3, 0.4) is 0 Å². The van der Waals surface area contributed by atoms with E-state index in [1.165, 1.54) is 37.7 Å². The standard InChI is InChI=1S/C18H29N3S/c1-21(2)18(12-7-4-8-13-18)15-20-17(22)19-14-11-16-9-5-3-6-10-16/h3,5-6,9-10H,4,7-8,11-15H2,1-2H3,(H2,19,20,22)/p+1. The summed E-state index contributed by atoms with van der Waals surface area (Å²) in [6.45, 7) is 1.87. The molecular formula is C18H30N3S+.